The number of nitrogens with one attached hydrogen (secondary N) is 2. The zero-order valence-electron chi connectivity index (χ0n) is 9.90. The first kappa shape index (κ1) is 14.3. The molecule has 1 aliphatic carbocycles. The molecule has 6 heteroatoms. The summed E-state index contributed by atoms with van der Waals surface area (Å²) in [6, 6.07) is 4.55. The van der Waals surface area contributed by atoms with Crippen molar-refractivity contribution >= 4 is 29.9 Å². The Hall–Kier alpha value is -1.75. The third-order valence-electron chi connectivity index (χ3n) is 2.70. The lowest BCUT2D eigenvalue weighted by Crippen LogP contribution is -2.13. The molecule has 18 heavy (non-hydrogen) atoms. The molecule has 0 aromatic heterocycles. The van der Waals surface area contributed by atoms with Crippen molar-refractivity contribution in [2.45, 2.75) is 12.8 Å². The van der Waals surface area contributed by atoms with Crippen molar-refractivity contribution in [3.8, 4) is 5.75 Å². The summed E-state index contributed by atoms with van der Waals surface area (Å²) in [7, 11) is 1.52. The second kappa shape index (κ2) is 5.73. The van der Waals surface area contributed by atoms with Crippen molar-refractivity contribution in [3.63, 3.8) is 0 Å². The number of carboxylic acid groups (broad SMARTS) is 1. The number of benzene rings is 1. The molecule has 0 atom stereocenters. The van der Waals surface area contributed by atoms with E-state index >= 15 is 0 Å². The Morgan fingerprint density at radius 3 is 2.67 bits per heavy atom. The topological polar surface area (TPSA) is 82.4 Å². The van der Waals surface area contributed by atoms with Gasteiger partial charge in [-0.3, -0.25) is 5.41 Å². The highest BCUT2D eigenvalue weighted by atomic mass is 35.5. The standard InChI is InChI=1S/C12H14N2O3.ClH/c1-17-10-5-4-8(12(15)16)6-9(10)14-11(13)7-2-3-7;/h4-7H,2-3H2,1H3,(H2,13,14)(H,15,16);1H. The van der Waals surface area contributed by atoms with E-state index < -0.39 is 5.97 Å². The molecule has 0 amide bonds. The molecule has 1 aromatic rings. The Kier molecular flexibility index (Phi) is 4.55. The fourth-order valence-corrected chi connectivity index (χ4v) is 1.56. The summed E-state index contributed by atoms with van der Waals surface area (Å²) in [5.74, 6) is 0.257. The average Bonchev–Trinajstić information content (AvgIpc) is 3.12. The minimum Gasteiger partial charge on any atom is -0.495 e. The van der Waals surface area contributed by atoms with Crippen LogP contribution in [-0.4, -0.2) is 24.0 Å². The minimum absolute atomic E-state index is 0. The van der Waals surface area contributed by atoms with Gasteiger partial charge in [0, 0.05) is 5.92 Å². The Labute approximate surface area is 111 Å². The van der Waals surface area contributed by atoms with Gasteiger partial charge in [0.2, 0.25) is 0 Å². The van der Waals surface area contributed by atoms with Gasteiger partial charge in [-0.1, -0.05) is 0 Å². The van der Waals surface area contributed by atoms with Crippen molar-refractivity contribution in [1.82, 2.24) is 0 Å². The van der Waals surface area contributed by atoms with Crippen molar-refractivity contribution in [1.29, 1.82) is 5.41 Å². The number of methoxy groups -OCH3 is 1. The lowest BCUT2D eigenvalue weighted by Gasteiger charge is -2.12. The molecule has 1 fully saturated rings. The number of amidine groups is 1. The molecule has 0 saturated heterocycles. The van der Waals surface area contributed by atoms with Crippen molar-refractivity contribution < 1.29 is 14.6 Å². The molecule has 0 unspecified atom stereocenters. The fourth-order valence-electron chi connectivity index (χ4n) is 1.56. The van der Waals surface area contributed by atoms with E-state index in [1.807, 2.05) is 0 Å². The molecule has 5 nitrogen and oxygen atoms in total. The van der Waals surface area contributed by atoms with Crippen molar-refractivity contribution in [3.05, 3.63) is 23.8 Å². The highest BCUT2D eigenvalue weighted by Crippen LogP contribution is 2.32. The smallest absolute Gasteiger partial charge is 0.335 e. The Bertz CT molecular complexity index is 472. The summed E-state index contributed by atoms with van der Waals surface area (Å²) in [4.78, 5) is 10.9. The van der Waals surface area contributed by atoms with Gasteiger partial charge >= 0.3 is 5.97 Å². The van der Waals surface area contributed by atoms with Gasteiger partial charge in [-0.05, 0) is 31.0 Å². The first-order valence-electron chi connectivity index (χ1n) is 5.38. The maximum atomic E-state index is 10.9. The Balaban J connectivity index is 0.00000162. The van der Waals surface area contributed by atoms with E-state index in [4.69, 9.17) is 15.3 Å². The Morgan fingerprint density at radius 1 is 1.50 bits per heavy atom. The highest BCUT2D eigenvalue weighted by Gasteiger charge is 2.27. The highest BCUT2D eigenvalue weighted by molar-refractivity contribution is 5.99. The molecule has 0 radical (unpaired) electrons. The van der Waals surface area contributed by atoms with E-state index in [9.17, 15) is 4.79 Å². The van der Waals surface area contributed by atoms with Crippen LogP contribution in [0.5, 0.6) is 5.75 Å². The lowest BCUT2D eigenvalue weighted by molar-refractivity contribution is 0.0697. The van der Waals surface area contributed by atoms with Crippen LogP contribution in [0, 0.1) is 11.3 Å². The quantitative estimate of drug-likeness (QED) is 0.580. The van der Waals surface area contributed by atoms with Gasteiger partial charge in [0.1, 0.15) is 11.6 Å². The molecule has 1 aliphatic rings. The second-order valence-corrected chi connectivity index (χ2v) is 4.03. The summed E-state index contributed by atoms with van der Waals surface area (Å²) in [5, 5.41) is 19.6. The normalized spacial score (nSPS) is 13.4. The molecule has 0 spiro atoms. The van der Waals surface area contributed by atoms with Crippen LogP contribution in [0.2, 0.25) is 0 Å². The van der Waals surface area contributed by atoms with Crippen LogP contribution >= 0.6 is 12.4 Å². The lowest BCUT2D eigenvalue weighted by atomic mass is 10.2. The number of anilines is 1. The molecule has 0 bridgehead atoms. The zero-order chi connectivity index (χ0) is 12.4. The molecule has 1 saturated carbocycles. The van der Waals surface area contributed by atoms with Crippen LogP contribution in [0.15, 0.2) is 18.2 Å². The number of rotatable bonds is 4. The third kappa shape index (κ3) is 3.13. The van der Waals surface area contributed by atoms with Gasteiger partial charge in [0.15, 0.2) is 0 Å². The largest absolute Gasteiger partial charge is 0.495 e. The molecule has 1 aromatic carbocycles. The predicted octanol–water partition coefficient (Wildman–Crippen LogP) is 2.61. The zero-order valence-corrected chi connectivity index (χ0v) is 10.7. The van der Waals surface area contributed by atoms with E-state index in [0.29, 0.717) is 17.3 Å². The average molecular weight is 271 g/mol. The number of hydrogen-bond acceptors (Lipinski definition) is 3. The van der Waals surface area contributed by atoms with E-state index in [0.717, 1.165) is 12.8 Å². The molecular weight excluding hydrogens is 256 g/mol. The van der Waals surface area contributed by atoms with E-state index in [1.165, 1.54) is 19.2 Å². The summed E-state index contributed by atoms with van der Waals surface area (Å²) >= 11 is 0. The van der Waals surface area contributed by atoms with Crippen molar-refractivity contribution in [2.24, 2.45) is 5.92 Å². The summed E-state index contributed by atoms with van der Waals surface area (Å²) in [5.41, 5.74) is 0.709. The number of carboxylic acids is 1. The fraction of sp³-hybridized carbons (Fsp3) is 0.333. The van der Waals surface area contributed by atoms with Crippen LogP contribution in [-0.2, 0) is 0 Å². The van der Waals surface area contributed by atoms with Crippen LogP contribution < -0.4 is 10.1 Å². The van der Waals surface area contributed by atoms with E-state index in [1.54, 1.807) is 6.07 Å². The number of ether oxygens (including phenoxy) is 1. The van der Waals surface area contributed by atoms with Crippen molar-refractivity contribution in [2.75, 3.05) is 12.4 Å². The van der Waals surface area contributed by atoms with E-state index in [-0.39, 0.29) is 23.9 Å². The predicted molar refractivity (Wildman–Crippen MR) is 71.3 cm³/mol. The summed E-state index contributed by atoms with van der Waals surface area (Å²) < 4.78 is 5.13. The first-order chi connectivity index (χ1) is 8.11. The number of aromatic carboxylic acids is 1. The molecule has 0 heterocycles. The van der Waals surface area contributed by atoms with Gasteiger partial charge in [-0.15, -0.1) is 12.4 Å². The summed E-state index contributed by atoms with van der Waals surface area (Å²) in [6.07, 6.45) is 2.04. The molecule has 0 aliphatic heterocycles. The van der Waals surface area contributed by atoms with Gasteiger partial charge in [0.05, 0.1) is 18.4 Å². The Morgan fingerprint density at radius 2 is 2.17 bits per heavy atom. The van der Waals surface area contributed by atoms with Crippen LogP contribution in [0.1, 0.15) is 23.2 Å². The molecule has 98 valence electrons. The monoisotopic (exact) mass is 270 g/mol. The van der Waals surface area contributed by atoms with Crippen LogP contribution in [0.4, 0.5) is 5.69 Å². The molecule has 3 N–H and O–H groups in total. The second-order valence-electron chi connectivity index (χ2n) is 4.03. The van der Waals surface area contributed by atoms with Gasteiger partial charge in [-0.2, -0.15) is 0 Å². The molecule has 2 rings (SSSR count). The van der Waals surface area contributed by atoms with Crippen LogP contribution in [0.3, 0.4) is 0 Å². The number of halogens is 1. The minimum atomic E-state index is -0.992. The maximum Gasteiger partial charge on any atom is 0.335 e. The maximum absolute atomic E-state index is 10.9. The summed E-state index contributed by atoms with van der Waals surface area (Å²) in [6.45, 7) is 0. The van der Waals surface area contributed by atoms with E-state index in [2.05, 4.69) is 5.32 Å². The SMILES string of the molecule is COc1ccc(C(=O)O)cc1NC(=N)C1CC1.Cl. The van der Waals surface area contributed by atoms with Gasteiger partial charge in [0.25, 0.3) is 0 Å². The first-order valence-corrected chi connectivity index (χ1v) is 5.38. The number of hydrogen-bond donors (Lipinski definition) is 3. The third-order valence-corrected chi connectivity index (χ3v) is 2.70. The number of carbonyl (C=O) groups is 1. The molecular formula is C12H15ClN2O3. The van der Waals surface area contributed by atoms with Gasteiger partial charge in [-0.25, -0.2) is 4.79 Å². The van der Waals surface area contributed by atoms with Crippen LogP contribution in [0.25, 0.3) is 0 Å². The van der Waals surface area contributed by atoms with Gasteiger partial charge < -0.3 is 15.2 Å².